The van der Waals surface area contributed by atoms with E-state index < -0.39 is 0 Å². The molecule has 0 spiro atoms. The van der Waals surface area contributed by atoms with Crippen molar-refractivity contribution in [2.24, 2.45) is 0 Å². The fraction of sp³-hybridized carbons (Fsp3) is 0.273. The third-order valence-corrected chi connectivity index (χ3v) is 2.99. The molecule has 0 bridgehead atoms. The molecule has 16 heavy (non-hydrogen) atoms. The summed E-state index contributed by atoms with van der Waals surface area (Å²) in [5, 5.41) is 9.51. The molecule has 2 aromatic rings. The van der Waals surface area contributed by atoms with Crippen LogP contribution >= 0.6 is 11.3 Å². The number of nitrogens with one attached hydrogen (secondary N) is 2. The smallest absolute Gasteiger partial charge is 0.0898 e. The molecule has 0 fully saturated rings. The van der Waals surface area contributed by atoms with Gasteiger partial charge in [-0.05, 0) is 13.0 Å². The minimum absolute atomic E-state index is 0.735. The summed E-state index contributed by atoms with van der Waals surface area (Å²) >= 11 is 1.67. The predicted octanol–water partition coefficient (Wildman–Crippen LogP) is 2.50. The highest BCUT2D eigenvalue weighted by atomic mass is 32.1. The molecule has 0 unspecified atom stereocenters. The Labute approximate surface area is 98.8 Å². The Morgan fingerprint density at radius 3 is 2.81 bits per heavy atom. The summed E-state index contributed by atoms with van der Waals surface area (Å²) in [6, 6.07) is 2.02. The number of thiazole rings is 1. The monoisotopic (exact) mass is 234 g/mol. The molecule has 5 heteroatoms. The van der Waals surface area contributed by atoms with Gasteiger partial charge in [0.25, 0.3) is 0 Å². The summed E-state index contributed by atoms with van der Waals surface area (Å²) < 4.78 is 0. The van der Waals surface area contributed by atoms with Crippen LogP contribution in [0.25, 0.3) is 0 Å². The van der Waals surface area contributed by atoms with Gasteiger partial charge in [-0.3, -0.25) is 4.98 Å². The predicted molar refractivity (Wildman–Crippen MR) is 68.0 cm³/mol. The summed E-state index contributed by atoms with van der Waals surface area (Å²) in [5.74, 6) is 0. The van der Waals surface area contributed by atoms with Gasteiger partial charge in [0, 0.05) is 12.4 Å². The Hall–Kier alpha value is -1.62. The molecule has 2 rings (SSSR count). The summed E-state index contributed by atoms with van der Waals surface area (Å²) in [7, 11) is 1.88. The lowest BCUT2D eigenvalue weighted by molar-refractivity contribution is 1.05. The van der Waals surface area contributed by atoms with E-state index in [4.69, 9.17) is 0 Å². The molecule has 0 aliphatic rings. The van der Waals surface area contributed by atoms with Gasteiger partial charge in [-0.15, -0.1) is 11.3 Å². The summed E-state index contributed by atoms with van der Waals surface area (Å²) in [5.41, 5.74) is 3.06. The number of hydrogen-bond donors (Lipinski definition) is 2. The average Bonchev–Trinajstić information content (AvgIpc) is 2.73. The number of aromatic nitrogens is 2. The van der Waals surface area contributed by atoms with Crippen molar-refractivity contribution in [3.05, 3.63) is 34.5 Å². The van der Waals surface area contributed by atoms with Crippen LogP contribution in [-0.4, -0.2) is 17.0 Å². The van der Waals surface area contributed by atoms with Gasteiger partial charge in [0.05, 0.1) is 41.0 Å². The van der Waals surface area contributed by atoms with Gasteiger partial charge in [-0.2, -0.15) is 0 Å². The molecular formula is C11H14N4S. The number of rotatable bonds is 4. The minimum Gasteiger partial charge on any atom is -0.387 e. The van der Waals surface area contributed by atoms with Crippen LogP contribution in [-0.2, 0) is 6.54 Å². The number of anilines is 2. The first-order valence-corrected chi connectivity index (χ1v) is 5.93. The van der Waals surface area contributed by atoms with Crippen LogP contribution in [0.4, 0.5) is 11.4 Å². The topological polar surface area (TPSA) is 49.8 Å². The van der Waals surface area contributed by atoms with E-state index in [1.165, 1.54) is 0 Å². The SMILES string of the molecule is CNc1cncc(NCc2csc(C)n2)c1. The first kappa shape index (κ1) is 10.9. The maximum Gasteiger partial charge on any atom is 0.0898 e. The van der Waals surface area contributed by atoms with Gasteiger partial charge in [0.1, 0.15) is 0 Å². The summed E-state index contributed by atoms with van der Waals surface area (Å²) in [6.07, 6.45) is 3.60. The standard InChI is InChI=1S/C11H14N4S/c1-8-15-11(7-16-8)6-14-10-3-9(12-2)4-13-5-10/h3-5,7,12,14H,6H2,1-2H3. The largest absolute Gasteiger partial charge is 0.387 e. The maximum atomic E-state index is 4.39. The highest BCUT2D eigenvalue weighted by Crippen LogP contribution is 2.14. The fourth-order valence-corrected chi connectivity index (χ4v) is 1.97. The van der Waals surface area contributed by atoms with Gasteiger partial charge < -0.3 is 10.6 Å². The average molecular weight is 234 g/mol. The minimum atomic E-state index is 0.735. The summed E-state index contributed by atoms with van der Waals surface area (Å²) in [4.78, 5) is 8.52. The van der Waals surface area contributed by atoms with E-state index >= 15 is 0 Å². The molecule has 2 N–H and O–H groups in total. The van der Waals surface area contributed by atoms with Crippen molar-refractivity contribution in [2.75, 3.05) is 17.7 Å². The van der Waals surface area contributed by atoms with Crippen molar-refractivity contribution in [3.63, 3.8) is 0 Å². The van der Waals surface area contributed by atoms with Crippen LogP contribution in [0.3, 0.4) is 0 Å². The van der Waals surface area contributed by atoms with Gasteiger partial charge in [0.2, 0.25) is 0 Å². The first-order valence-electron chi connectivity index (χ1n) is 5.05. The second kappa shape index (κ2) is 4.94. The Balaban J connectivity index is 1.99. The maximum absolute atomic E-state index is 4.39. The zero-order chi connectivity index (χ0) is 11.4. The second-order valence-corrected chi connectivity index (χ2v) is 4.49. The molecule has 0 aliphatic carbocycles. The zero-order valence-corrected chi connectivity index (χ0v) is 10.1. The lowest BCUT2D eigenvalue weighted by Gasteiger charge is -2.05. The zero-order valence-electron chi connectivity index (χ0n) is 9.32. The molecule has 2 heterocycles. The van der Waals surface area contributed by atoms with Gasteiger partial charge in [-0.25, -0.2) is 4.98 Å². The molecule has 0 radical (unpaired) electrons. The van der Waals surface area contributed by atoms with Crippen molar-refractivity contribution >= 4 is 22.7 Å². The molecule has 0 aromatic carbocycles. The number of hydrogen-bond acceptors (Lipinski definition) is 5. The Kier molecular flexibility index (Phi) is 3.36. The van der Waals surface area contributed by atoms with E-state index in [1.54, 1.807) is 23.7 Å². The van der Waals surface area contributed by atoms with Crippen molar-refractivity contribution in [2.45, 2.75) is 13.5 Å². The number of aryl methyl sites for hydroxylation is 1. The normalized spacial score (nSPS) is 10.1. The lowest BCUT2D eigenvalue weighted by atomic mass is 10.3. The number of nitrogens with zero attached hydrogens (tertiary/aromatic N) is 2. The highest BCUT2D eigenvalue weighted by Gasteiger charge is 1.99. The Bertz CT molecular complexity index is 467. The Morgan fingerprint density at radius 2 is 2.12 bits per heavy atom. The van der Waals surface area contributed by atoms with Gasteiger partial charge in [-0.1, -0.05) is 0 Å². The van der Waals surface area contributed by atoms with Crippen LogP contribution in [0.1, 0.15) is 10.7 Å². The van der Waals surface area contributed by atoms with E-state index in [-0.39, 0.29) is 0 Å². The van der Waals surface area contributed by atoms with Crippen molar-refractivity contribution in [1.29, 1.82) is 0 Å². The molecule has 0 aliphatic heterocycles. The lowest BCUT2D eigenvalue weighted by Crippen LogP contribution is -2.01. The van der Waals surface area contributed by atoms with Crippen LogP contribution < -0.4 is 10.6 Å². The van der Waals surface area contributed by atoms with E-state index in [1.807, 2.05) is 20.0 Å². The van der Waals surface area contributed by atoms with Crippen molar-refractivity contribution in [3.8, 4) is 0 Å². The van der Waals surface area contributed by atoms with Crippen LogP contribution in [0.15, 0.2) is 23.8 Å². The number of pyridine rings is 1. The molecule has 2 aromatic heterocycles. The van der Waals surface area contributed by atoms with E-state index in [2.05, 4.69) is 26.0 Å². The van der Waals surface area contributed by atoms with Crippen LogP contribution in [0, 0.1) is 6.92 Å². The quantitative estimate of drug-likeness (QED) is 0.853. The van der Waals surface area contributed by atoms with Gasteiger partial charge in [0.15, 0.2) is 0 Å². The molecule has 0 saturated heterocycles. The van der Waals surface area contributed by atoms with Crippen LogP contribution in [0.2, 0.25) is 0 Å². The second-order valence-electron chi connectivity index (χ2n) is 3.42. The third-order valence-electron chi connectivity index (χ3n) is 2.17. The first-order chi connectivity index (χ1) is 7.78. The van der Waals surface area contributed by atoms with Crippen molar-refractivity contribution < 1.29 is 0 Å². The molecule has 0 atom stereocenters. The molecule has 84 valence electrons. The molecular weight excluding hydrogens is 220 g/mol. The molecule has 0 saturated carbocycles. The van der Waals surface area contributed by atoms with Crippen molar-refractivity contribution in [1.82, 2.24) is 9.97 Å². The van der Waals surface area contributed by atoms with Crippen LogP contribution in [0.5, 0.6) is 0 Å². The Morgan fingerprint density at radius 1 is 1.31 bits per heavy atom. The molecule has 0 amide bonds. The van der Waals surface area contributed by atoms with E-state index in [0.717, 1.165) is 28.6 Å². The fourth-order valence-electron chi connectivity index (χ4n) is 1.36. The highest BCUT2D eigenvalue weighted by molar-refractivity contribution is 7.09. The van der Waals surface area contributed by atoms with E-state index in [0.29, 0.717) is 0 Å². The molecule has 4 nitrogen and oxygen atoms in total. The van der Waals surface area contributed by atoms with E-state index in [9.17, 15) is 0 Å². The summed E-state index contributed by atoms with van der Waals surface area (Å²) in [6.45, 7) is 2.75. The third kappa shape index (κ3) is 2.70. The van der Waals surface area contributed by atoms with Gasteiger partial charge >= 0.3 is 0 Å².